The van der Waals surface area contributed by atoms with Crippen LogP contribution in [-0.2, 0) is 0 Å². The molecule has 4 rings (SSSR count). The molecule has 1 aliphatic rings. The number of nitrogens with zero attached hydrogens (tertiary/aromatic N) is 5. The fourth-order valence-electron chi connectivity index (χ4n) is 3.46. The van der Waals surface area contributed by atoms with Crippen molar-refractivity contribution in [3.63, 3.8) is 0 Å². The van der Waals surface area contributed by atoms with Crippen LogP contribution in [0.2, 0.25) is 0 Å². The van der Waals surface area contributed by atoms with Crippen LogP contribution in [0.3, 0.4) is 0 Å². The number of carbonyl (C=O) groups is 1. The van der Waals surface area contributed by atoms with Gasteiger partial charge in [0.05, 0.1) is 11.3 Å². The van der Waals surface area contributed by atoms with E-state index >= 15 is 0 Å². The zero-order valence-electron chi connectivity index (χ0n) is 15.7. The predicted molar refractivity (Wildman–Crippen MR) is 106 cm³/mol. The van der Waals surface area contributed by atoms with Crippen LogP contribution < -0.4 is 5.32 Å². The highest BCUT2D eigenvalue weighted by Crippen LogP contribution is 2.27. The quantitative estimate of drug-likeness (QED) is 0.754. The topological polar surface area (TPSA) is 83.9 Å². The van der Waals surface area contributed by atoms with E-state index in [1.807, 2.05) is 30.0 Å². The number of likely N-dealkylation sites (tertiary alicyclic amines) is 1. The van der Waals surface area contributed by atoms with Crippen LogP contribution in [0.5, 0.6) is 0 Å². The highest BCUT2D eigenvalue weighted by Gasteiger charge is 2.26. The smallest absolute Gasteiger partial charge is 0.255 e. The summed E-state index contributed by atoms with van der Waals surface area (Å²) in [6.07, 6.45) is 8.73. The van der Waals surface area contributed by atoms with Crippen molar-refractivity contribution in [2.45, 2.75) is 25.7 Å². The molecule has 1 N–H and O–H groups in total. The molecule has 7 heteroatoms. The maximum Gasteiger partial charge on any atom is 0.255 e. The first kappa shape index (κ1) is 18.0. The number of hydrogen-bond donors (Lipinski definition) is 1. The summed E-state index contributed by atoms with van der Waals surface area (Å²) in [6, 6.07) is 9.41. The second-order valence-electron chi connectivity index (χ2n) is 6.93. The molecule has 0 spiro atoms. The lowest BCUT2D eigenvalue weighted by atomic mass is 9.94. The lowest BCUT2D eigenvalue weighted by Crippen LogP contribution is -2.39. The number of pyridine rings is 2. The lowest BCUT2D eigenvalue weighted by molar-refractivity contribution is 0.0705. The highest BCUT2D eigenvalue weighted by molar-refractivity contribution is 5.94. The minimum absolute atomic E-state index is 0.0225. The molecule has 3 aromatic rings. The van der Waals surface area contributed by atoms with Crippen LogP contribution in [0.15, 0.2) is 55.1 Å². The first-order valence-corrected chi connectivity index (χ1v) is 9.41. The van der Waals surface area contributed by atoms with Gasteiger partial charge in [-0.1, -0.05) is 6.07 Å². The highest BCUT2D eigenvalue weighted by atomic mass is 16.2. The van der Waals surface area contributed by atoms with Crippen molar-refractivity contribution in [1.82, 2.24) is 24.8 Å². The molecule has 0 radical (unpaired) electrons. The average molecular weight is 374 g/mol. The Morgan fingerprint density at radius 2 is 2.04 bits per heavy atom. The maximum absolute atomic E-state index is 12.8. The summed E-state index contributed by atoms with van der Waals surface area (Å²) in [6.45, 7) is 3.39. The molecule has 0 unspecified atom stereocenters. The van der Waals surface area contributed by atoms with Crippen molar-refractivity contribution < 1.29 is 4.79 Å². The average Bonchev–Trinajstić information content (AvgIpc) is 2.76. The van der Waals surface area contributed by atoms with E-state index in [1.165, 1.54) is 0 Å². The van der Waals surface area contributed by atoms with Gasteiger partial charge in [0.15, 0.2) is 0 Å². The summed E-state index contributed by atoms with van der Waals surface area (Å²) < 4.78 is 0. The third-order valence-electron chi connectivity index (χ3n) is 4.95. The molecule has 0 saturated carbocycles. The molecule has 0 aromatic carbocycles. The molecule has 4 heterocycles. The van der Waals surface area contributed by atoms with E-state index in [2.05, 4.69) is 25.3 Å². The molecular formula is C21H22N6O. The standard InChI is InChI=1S/C21H22N6O/c1-15-5-2-10-23-19(15)26-21-24-11-8-18(25-21)17-7-4-12-27(14-17)20(28)16-6-3-9-22-13-16/h2-3,5-6,8-11,13,17H,4,7,12,14H2,1H3,(H,23,24,25,26)/t17-/m0/s1. The monoisotopic (exact) mass is 374 g/mol. The number of anilines is 2. The fourth-order valence-corrected chi connectivity index (χ4v) is 3.46. The number of rotatable bonds is 4. The number of piperidine rings is 1. The third-order valence-corrected chi connectivity index (χ3v) is 4.95. The Morgan fingerprint density at radius 3 is 2.86 bits per heavy atom. The second kappa shape index (κ2) is 8.12. The minimum Gasteiger partial charge on any atom is -0.338 e. The Balaban J connectivity index is 1.49. The van der Waals surface area contributed by atoms with Gasteiger partial charge in [-0.25, -0.2) is 15.0 Å². The van der Waals surface area contributed by atoms with Gasteiger partial charge < -0.3 is 10.2 Å². The molecule has 0 bridgehead atoms. The first-order chi connectivity index (χ1) is 13.7. The van der Waals surface area contributed by atoms with E-state index in [0.717, 1.165) is 36.5 Å². The van der Waals surface area contributed by atoms with E-state index in [9.17, 15) is 4.79 Å². The fraction of sp³-hybridized carbons (Fsp3) is 0.286. The van der Waals surface area contributed by atoms with Crippen molar-refractivity contribution in [3.05, 3.63) is 71.9 Å². The summed E-state index contributed by atoms with van der Waals surface area (Å²) >= 11 is 0. The first-order valence-electron chi connectivity index (χ1n) is 9.41. The van der Waals surface area contributed by atoms with Gasteiger partial charge in [-0.05, 0) is 49.6 Å². The van der Waals surface area contributed by atoms with Gasteiger partial charge >= 0.3 is 0 Å². The van der Waals surface area contributed by atoms with E-state index in [-0.39, 0.29) is 11.8 Å². The Bertz CT molecular complexity index is 962. The van der Waals surface area contributed by atoms with Crippen molar-refractivity contribution in [1.29, 1.82) is 0 Å². The number of nitrogens with one attached hydrogen (secondary N) is 1. The molecule has 1 atom stereocenters. The van der Waals surface area contributed by atoms with E-state index in [1.54, 1.807) is 36.9 Å². The van der Waals surface area contributed by atoms with E-state index in [4.69, 9.17) is 0 Å². The summed E-state index contributed by atoms with van der Waals surface area (Å²) in [5.41, 5.74) is 2.59. The SMILES string of the molecule is Cc1cccnc1Nc1nccc([C@H]2CCCN(C(=O)c3cccnc3)C2)n1. The van der Waals surface area contributed by atoms with E-state index in [0.29, 0.717) is 18.1 Å². The molecule has 1 aliphatic heterocycles. The lowest BCUT2D eigenvalue weighted by Gasteiger charge is -2.32. The van der Waals surface area contributed by atoms with Crippen molar-refractivity contribution in [2.75, 3.05) is 18.4 Å². The van der Waals surface area contributed by atoms with Crippen molar-refractivity contribution >= 4 is 17.7 Å². The Hall–Kier alpha value is -3.35. The van der Waals surface area contributed by atoms with E-state index < -0.39 is 0 Å². The van der Waals surface area contributed by atoms with Gasteiger partial charge in [-0.3, -0.25) is 9.78 Å². The minimum atomic E-state index is 0.0225. The van der Waals surface area contributed by atoms with Gasteiger partial charge in [-0.2, -0.15) is 0 Å². The zero-order valence-corrected chi connectivity index (χ0v) is 15.7. The maximum atomic E-state index is 12.8. The Labute approximate surface area is 163 Å². The number of hydrogen-bond acceptors (Lipinski definition) is 6. The van der Waals surface area contributed by atoms with Gasteiger partial charge in [0.1, 0.15) is 5.82 Å². The Kier molecular flexibility index (Phi) is 5.23. The number of aromatic nitrogens is 4. The summed E-state index contributed by atoms with van der Waals surface area (Å²) in [5.74, 6) is 1.48. The van der Waals surface area contributed by atoms with Gasteiger partial charge in [0.25, 0.3) is 5.91 Å². The summed E-state index contributed by atoms with van der Waals surface area (Å²) in [7, 11) is 0. The summed E-state index contributed by atoms with van der Waals surface area (Å²) in [5, 5.41) is 3.19. The van der Waals surface area contributed by atoms with Crippen molar-refractivity contribution in [3.8, 4) is 0 Å². The summed E-state index contributed by atoms with van der Waals surface area (Å²) in [4.78, 5) is 32.0. The van der Waals surface area contributed by atoms with Crippen LogP contribution >= 0.6 is 0 Å². The molecule has 142 valence electrons. The van der Waals surface area contributed by atoms with Crippen LogP contribution in [0, 0.1) is 6.92 Å². The Morgan fingerprint density at radius 1 is 1.14 bits per heavy atom. The largest absolute Gasteiger partial charge is 0.338 e. The molecule has 7 nitrogen and oxygen atoms in total. The normalized spacial score (nSPS) is 16.6. The molecular weight excluding hydrogens is 352 g/mol. The molecule has 1 saturated heterocycles. The van der Waals surface area contributed by atoms with Crippen LogP contribution in [0.4, 0.5) is 11.8 Å². The molecule has 3 aromatic heterocycles. The van der Waals surface area contributed by atoms with Crippen molar-refractivity contribution in [2.24, 2.45) is 0 Å². The number of amides is 1. The second-order valence-corrected chi connectivity index (χ2v) is 6.93. The van der Waals surface area contributed by atoms with Gasteiger partial charge in [-0.15, -0.1) is 0 Å². The predicted octanol–water partition coefficient (Wildman–Crippen LogP) is 3.34. The molecule has 28 heavy (non-hydrogen) atoms. The molecule has 1 fully saturated rings. The zero-order chi connectivity index (χ0) is 19.3. The van der Waals surface area contributed by atoms with Gasteiger partial charge in [0.2, 0.25) is 5.95 Å². The van der Waals surface area contributed by atoms with Crippen LogP contribution in [0.1, 0.15) is 40.4 Å². The molecule has 1 amide bonds. The van der Waals surface area contributed by atoms with Gasteiger partial charge in [0, 0.05) is 43.8 Å². The number of aryl methyl sites for hydroxylation is 1. The molecule has 0 aliphatic carbocycles. The van der Waals surface area contributed by atoms with Crippen LogP contribution in [-0.4, -0.2) is 43.8 Å². The van der Waals surface area contributed by atoms with Crippen LogP contribution in [0.25, 0.3) is 0 Å². The third kappa shape index (κ3) is 3.98. The number of carbonyl (C=O) groups excluding carboxylic acids is 1.